The van der Waals surface area contributed by atoms with Gasteiger partial charge in [-0.05, 0) is 107 Å². The van der Waals surface area contributed by atoms with Crippen molar-refractivity contribution in [3.63, 3.8) is 0 Å². The minimum Gasteiger partial charge on any atom is -0.228 e. The lowest BCUT2D eigenvalue weighted by Crippen LogP contribution is -2.28. The summed E-state index contributed by atoms with van der Waals surface area (Å²) in [4.78, 5) is 11.0. The molecular formula is C64H44N2. The molecule has 10 aromatic carbocycles. The lowest BCUT2D eigenvalue weighted by molar-refractivity contribution is 0.666. The molecule has 66 heavy (non-hydrogen) atoms. The van der Waals surface area contributed by atoms with Gasteiger partial charge in [0.05, 0.1) is 16.8 Å². The average Bonchev–Trinajstić information content (AvgIpc) is 3.82. The fourth-order valence-corrected chi connectivity index (χ4v) is 11.7. The van der Waals surface area contributed by atoms with E-state index >= 15 is 0 Å². The van der Waals surface area contributed by atoms with Gasteiger partial charge in [0.25, 0.3) is 0 Å². The van der Waals surface area contributed by atoms with Gasteiger partial charge < -0.3 is 0 Å². The van der Waals surface area contributed by atoms with E-state index in [-0.39, 0.29) is 5.41 Å². The van der Waals surface area contributed by atoms with Crippen LogP contribution in [0.25, 0.3) is 88.8 Å². The van der Waals surface area contributed by atoms with Crippen LogP contribution in [0.1, 0.15) is 47.2 Å². The highest BCUT2D eigenvalue weighted by molar-refractivity contribution is 6.06. The molecule has 2 heteroatoms. The standard InChI is InChI=1S/C64H44N2/c1-63(2)55-38-34-43(39-54(55)50-35-33-41-19-12-13-26-47(41)61(50)63)46-36-37-51(49-28-15-14-27-48(46)49)62-65-58(42-20-6-3-7-21-42)40-59(66-62)53-30-18-32-57-60(53)52-29-16-17-31-56(52)64(57,44-22-8-4-9-23-44)45-24-10-5-11-25-45/h3-40H,1-2H3. The smallest absolute Gasteiger partial charge is 0.161 e. The molecule has 0 amide bonds. The average molecular weight is 841 g/mol. The molecule has 0 radical (unpaired) electrons. The molecule has 1 aromatic heterocycles. The second kappa shape index (κ2) is 14.7. The van der Waals surface area contributed by atoms with Crippen molar-refractivity contribution in [2.75, 3.05) is 0 Å². The summed E-state index contributed by atoms with van der Waals surface area (Å²) in [6.07, 6.45) is 0. The van der Waals surface area contributed by atoms with Gasteiger partial charge in [0.1, 0.15) is 0 Å². The van der Waals surface area contributed by atoms with Crippen molar-refractivity contribution in [1.82, 2.24) is 9.97 Å². The predicted octanol–water partition coefficient (Wildman–Crippen LogP) is 16.1. The molecule has 0 bridgehead atoms. The fourth-order valence-electron chi connectivity index (χ4n) is 11.7. The Morgan fingerprint density at radius 1 is 0.333 bits per heavy atom. The molecule has 2 nitrogen and oxygen atoms in total. The van der Waals surface area contributed by atoms with Crippen molar-refractivity contribution in [2.45, 2.75) is 24.7 Å². The quantitative estimate of drug-likeness (QED) is 0.167. The highest BCUT2D eigenvalue weighted by Crippen LogP contribution is 2.58. The first-order valence-corrected chi connectivity index (χ1v) is 23.0. The van der Waals surface area contributed by atoms with E-state index in [4.69, 9.17) is 9.97 Å². The molecule has 0 saturated heterocycles. The number of nitrogens with zero attached hydrogens (tertiary/aromatic N) is 2. The summed E-state index contributed by atoms with van der Waals surface area (Å²) < 4.78 is 0. The van der Waals surface area contributed by atoms with E-state index in [0.717, 1.165) is 33.5 Å². The van der Waals surface area contributed by atoms with E-state index in [9.17, 15) is 0 Å². The van der Waals surface area contributed by atoms with Crippen molar-refractivity contribution >= 4 is 21.5 Å². The molecule has 0 aliphatic heterocycles. The van der Waals surface area contributed by atoms with Crippen LogP contribution in [0.5, 0.6) is 0 Å². The normalized spacial score (nSPS) is 13.8. The number of fused-ring (bicyclic) bond motifs is 9. The molecule has 310 valence electrons. The maximum absolute atomic E-state index is 5.60. The number of hydrogen-bond donors (Lipinski definition) is 0. The molecule has 13 rings (SSSR count). The topological polar surface area (TPSA) is 25.8 Å². The van der Waals surface area contributed by atoms with Gasteiger partial charge in [0, 0.05) is 22.1 Å². The second-order valence-electron chi connectivity index (χ2n) is 18.4. The molecule has 0 N–H and O–H groups in total. The van der Waals surface area contributed by atoms with Crippen molar-refractivity contribution in [2.24, 2.45) is 0 Å². The Bertz CT molecular complexity index is 3680. The van der Waals surface area contributed by atoms with Crippen LogP contribution in [0.3, 0.4) is 0 Å². The van der Waals surface area contributed by atoms with Gasteiger partial charge in [-0.1, -0.05) is 226 Å². The summed E-state index contributed by atoms with van der Waals surface area (Å²) in [5, 5.41) is 4.91. The van der Waals surface area contributed by atoms with Crippen LogP contribution in [0, 0.1) is 0 Å². The second-order valence-corrected chi connectivity index (χ2v) is 18.4. The summed E-state index contributed by atoms with van der Waals surface area (Å²) in [5.41, 5.74) is 19.6. The van der Waals surface area contributed by atoms with Crippen LogP contribution in [0.15, 0.2) is 231 Å². The van der Waals surface area contributed by atoms with Crippen molar-refractivity contribution in [1.29, 1.82) is 0 Å². The van der Waals surface area contributed by atoms with Crippen molar-refractivity contribution in [3.8, 4) is 67.3 Å². The van der Waals surface area contributed by atoms with E-state index in [1.54, 1.807) is 0 Å². The maximum Gasteiger partial charge on any atom is 0.161 e. The highest BCUT2D eigenvalue weighted by Gasteiger charge is 2.47. The first-order chi connectivity index (χ1) is 32.5. The molecule has 0 saturated carbocycles. The van der Waals surface area contributed by atoms with E-state index in [2.05, 4.69) is 244 Å². The van der Waals surface area contributed by atoms with Crippen molar-refractivity contribution < 1.29 is 0 Å². The largest absolute Gasteiger partial charge is 0.228 e. The van der Waals surface area contributed by atoms with Crippen LogP contribution in [-0.4, -0.2) is 9.97 Å². The SMILES string of the molecule is CC1(C)c2ccc(-c3ccc(-c4nc(-c5ccccc5)cc(-c5cccc6c5-c5ccccc5C6(c5ccccc5)c5ccccc5)n4)c4ccccc34)cc2-c2ccc3ccccc3c21. The Labute approximate surface area is 385 Å². The Kier molecular flexibility index (Phi) is 8.51. The number of benzene rings is 10. The summed E-state index contributed by atoms with van der Waals surface area (Å²) in [5.74, 6) is 0.701. The molecule has 11 aromatic rings. The fraction of sp³-hybridized carbons (Fsp3) is 0.0625. The predicted molar refractivity (Wildman–Crippen MR) is 274 cm³/mol. The van der Waals surface area contributed by atoms with Crippen LogP contribution >= 0.6 is 0 Å². The van der Waals surface area contributed by atoms with Gasteiger partial charge in [-0.15, -0.1) is 0 Å². The third-order valence-corrected chi connectivity index (χ3v) is 14.6. The first kappa shape index (κ1) is 38.3. The Morgan fingerprint density at radius 2 is 0.909 bits per heavy atom. The third kappa shape index (κ3) is 5.55. The zero-order valence-electron chi connectivity index (χ0n) is 36.8. The summed E-state index contributed by atoms with van der Waals surface area (Å²) in [6.45, 7) is 4.74. The van der Waals surface area contributed by atoms with Crippen LogP contribution in [0.2, 0.25) is 0 Å². The van der Waals surface area contributed by atoms with Gasteiger partial charge in [-0.3, -0.25) is 0 Å². The van der Waals surface area contributed by atoms with Crippen LogP contribution in [0.4, 0.5) is 0 Å². The highest BCUT2D eigenvalue weighted by atomic mass is 14.9. The molecule has 0 fully saturated rings. The van der Waals surface area contributed by atoms with Gasteiger partial charge in [-0.25, -0.2) is 9.97 Å². The zero-order chi connectivity index (χ0) is 44.0. The zero-order valence-corrected chi connectivity index (χ0v) is 36.8. The summed E-state index contributed by atoms with van der Waals surface area (Å²) >= 11 is 0. The number of rotatable bonds is 6. The van der Waals surface area contributed by atoms with Gasteiger partial charge in [0.2, 0.25) is 0 Å². The third-order valence-electron chi connectivity index (χ3n) is 14.6. The monoisotopic (exact) mass is 840 g/mol. The lowest BCUT2D eigenvalue weighted by atomic mass is 9.67. The number of aromatic nitrogens is 2. The minimum absolute atomic E-state index is 0.111. The van der Waals surface area contributed by atoms with E-state index < -0.39 is 5.41 Å². The molecule has 2 aliphatic carbocycles. The molecule has 0 unspecified atom stereocenters. The Balaban J connectivity index is 1.01. The number of hydrogen-bond acceptors (Lipinski definition) is 2. The molecule has 0 spiro atoms. The van der Waals surface area contributed by atoms with Gasteiger partial charge in [-0.2, -0.15) is 0 Å². The maximum atomic E-state index is 5.60. The molecule has 2 aliphatic rings. The lowest BCUT2D eigenvalue weighted by Gasteiger charge is -2.33. The van der Waals surface area contributed by atoms with Gasteiger partial charge >= 0.3 is 0 Å². The molecule has 0 atom stereocenters. The van der Waals surface area contributed by atoms with E-state index in [0.29, 0.717) is 5.82 Å². The minimum atomic E-state index is -0.516. The van der Waals surface area contributed by atoms with Crippen LogP contribution < -0.4 is 0 Å². The van der Waals surface area contributed by atoms with Crippen molar-refractivity contribution in [3.05, 3.63) is 264 Å². The van der Waals surface area contributed by atoms with Crippen LogP contribution in [-0.2, 0) is 10.8 Å². The Morgan fingerprint density at radius 3 is 1.67 bits per heavy atom. The molecule has 1 heterocycles. The van der Waals surface area contributed by atoms with E-state index in [1.807, 2.05) is 0 Å². The first-order valence-electron chi connectivity index (χ1n) is 23.0. The Hall–Kier alpha value is -8.20. The summed E-state index contributed by atoms with van der Waals surface area (Å²) in [7, 11) is 0. The van der Waals surface area contributed by atoms with Gasteiger partial charge in [0.15, 0.2) is 5.82 Å². The van der Waals surface area contributed by atoms with E-state index in [1.165, 1.54) is 82.9 Å². The summed E-state index contributed by atoms with van der Waals surface area (Å²) in [6, 6.07) is 84.2. The molecular weight excluding hydrogens is 797 g/mol.